The SMILES string of the molecule is Nc1ccc2nc(-c3cccc(-c4nc5ccc(N)cc5s4)c3)sc2c1. The van der Waals surface area contributed by atoms with Crippen molar-refractivity contribution < 1.29 is 0 Å². The van der Waals surface area contributed by atoms with E-state index in [4.69, 9.17) is 21.4 Å². The van der Waals surface area contributed by atoms with Crippen molar-refractivity contribution in [2.24, 2.45) is 0 Å². The third kappa shape index (κ3) is 2.60. The zero-order valence-electron chi connectivity index (χ0n) is 13.6. The van der Waals surface area contributed by atoms with Crippen molar-refractivity contribution in [3.8, 4) is 21.1 Å². The van der Waals surface area contributed by atoms with Gasteiger partial charge in [-0.15, -0.1) is 22.7 Å². The van der Waals surface area contributed by atoms with Crippen LogP contribution in [0.4, 0.5) is 11.4 Å². The molecule has 0 radical (unpaired) electrons. The summed E-state index contributed by atoms with van der Waals surface area (Å²) in [6, 6.07) is 20.0. The molecule has 126 valence electrons. The van der Waals surface area contributed by atoms with Gasteiger partial charge < -0.3 is 11.5 Å². The molecule has 5 rings (SSSR count). The molecule has 4 N–H and O–H groups in total. The molecule has 0 aliphatic carbocycles. The molecule has 0 fully saturated rings. The van der Waals surface area contributed by atoms with Gasteiger partial charge >= 0.3 is 0 Å². The van der Waals surface area contributed by atoms with E-state index in [1.165, 1.54) is 0 Å². The molecule has 0 saturated carbocycles. The molecular formula is C20H14N4S2. The number of anilines is 2. The second-order valence-corrected chi connectivity index (χ2v) is 8.13. The number of hydrogen-bond acceptors (Lipinski definition) is 6. The summed E-state index contributed by atoms with van der Waals surface area (Å²) in [7, 11) is 0. The van der Waals surface area contributed by atoms with E-state index in [1.807, 2.05) is 42.5 Å². The van der Waals surface area contributed by atoms with Gasteiger partial charge in [-0.25, -0.2) is 9.97 Å². The Hall–Kier alpha value is -2.96. The van der Waals surface area contributed by atoms with Crippen LogP contribution in [0, 0.1) is 0 Å². The molecule has 0 saturated heterocycles. The van der Waals surface area contributed by atoms with Gasteiger partial charge in [0.05, 0.1) is 20.4 Å². The van der Waals surface area contributed by atoms with Gasteiger partial charge in [-0.3, -0.25) is 0 Å². The normalized spacial score (nSPS) is 11.4. The fourth-order valence-electron chi connectivity index (χ4n) is 2.91. The van der Waals surface area contributed by atoms with Crippen molar-refractivity contribution >= 4 is 54.5 Å². The second kappa shape index (κ2) is 5.79. The van der Waals surface area contributed by atoms with Crippen LogP contribution in [0.2, 0.25) is 0 Å². The molecule has 0 unspecified atom stereocenters. The van der Waals surface area contributed by atoms with Gasteiger partial charge in [0.25, 0.3) is 0 Å². The van der Waals surface area contributed by atoms with E-state index in [0.717, 1.165) is 53.0 Å². The van der Waals surface area contributed by atoms with Crippen LogP contribution in [0.15, 0.2) is 60.7 Å². The number of hydrogen-bond donors (Lipinski definition) is 2. The first-order chi connectivity index (χ1) is 12.7. The second-order valence-electron chi connectivity index (χ2n) is 6.07. The van der Waals surface area contributed by atoms with Crippen molar-refractivity contribution in [1.82, 2.24) is 9.97 Å². The Kier molecular flexibility index (Phi) is 3.41. The lowest BCUT2D eigenvalue weighted by molar-refractivity contribution is 1.45. The number of thiazole rings is 2. The summed E-state index contributed by atoms with van der Waals surface area (Å²) in [5.74, 6) is 0. The molecule has 0 aliphatic rings. The van der Waals surface area contributed by atoms with Crippen molar-refractivity contribution in [3.63, 3.8) is 0 Å². The number of benzene rings is 3. The lowest BCUT2D eigenvalue weighted by Crippen LogP contribution is -1.82. The first kappa shape index (κ1) is 15.3. The summed E-state index contributed by atoms with van der Waals surface area (Å²) < 4.78 is 2.20. The maximum atomic E-state index is 5.88. The van der Waals surface area contributed by atoms with Crippen LogP contribution < -0.4 is 11.5 Å². The standard InChI is InChI=1S/C20H14N4S2/c21-13-4-6-15-17(9-13)25-19(23-15)11-2-1-3-12(8-11)20-24-16-7-5-14(22)10-18(16)26-20/h1-10H,21-22H2. The number of nitrogens with two attached hydrogens (primary N) is 2. The summed E-state index contributed by atoms with van der Waals surface area (Å²) >= 11 is 3.30. The molecule has 2 heterocycles. The highest BCUT2D eigenvalue weighted by molar-refractivity contribution is 7.22. The molecule has 3 aromatic carbocycles. The highest BCUT2D eigenvalue weighted by Crippen LogP contribution is 2.35. The molecule has 0 bridgehead atoms. The summed E-state index contributed by atoms with van der Waals surface area (Å²) in [6.07, 6.45) is 0. The number of aromatic nitrogens is 2. The van der Waals surface area contributed by atoms with Crippen LogP contribution in [0.25, 0.3) is 41.6 Å². The molecular weight excluding hydrogens is 360 g/mol. The van der Waals surface area contributed by atoms with Gasteiger partial charge in [-0.05, 0) is 42.5 Å². The van der Waals surface area contributed by atoms with E-state index in [-0.39, 0.29) is 0 Å². The first-order valence-corrected chi connectivity index (χ1v) is 9.72. The average molecular weight is 374 g/mol. The number of fused-ring (bicyclic) bond motifs is 2. The fourth-order valence-corrected chi connectivity index (χ4v) is 4.94. The Labute approximate surface area is 157 Å². The van der Waals surface area contributed by atoms with E-state index in [9.17, 15) is 0 Å². The van der Waals surface area contributed by atoms with E-state index in [1.54, 1.807) is 22.7 Å². The minimum Gasteiger partial charge on any atom is -0.399 e. The fraction of sp³-hybridized carbons (Fsp3) is 0. The maximum Gasteiger partial charge on any atom is 0.124 e. The topological polar surface area (TPSA) is 77.8 Å². The van der Waals surface area contributed by atoms with Crippen LogP contribution in [0.3, 0.4) is 0 Å². The van der Waals surface area contributed by atoms with Crippen LogP contribution in [-0.2, 0) is 0 Å². The monoisotopic (exact) mass is 374 g/mol. The Morgan fingerprint density at radius 3 is 1.62 bits per heavy atom. The summed E-state index contributed by atoms with van der Waals surface area (Å²) in [4.78, 5) is 9.49. The molecule has 4 nitrogen and oxygen atoms in total. The zero-order valence-corrected chi connectivity index (χ0v) is 15.3. The smallest absolute Gasteiger partial charge is 0.124 e. The van der Waals surface area contributed by atoms with Crippen LogP contribution >= 0.6 is 22.7 Å². The van der Waals surface area contributed by atoms with Gasteiger partial charge in [0, 0.05) is 22.5 Å². The van der Waals surface area contributed by atoms with Crippen LogP contribution in [0.1, 0.15) is 0 Å². The summed E-state index contributed by atoms with van der Waals surface area (Å²) in [5.41, 5.74) is 17.4. The molecule has 0 spiro atoms. The molecule has 0 aliphatic heterocycles. The van der Waals surface area contributed by atoms with E-state index < -0.39 is 0 Å². The average Bonchev–Trinajstić information content (AvgIpc) is 3.25. The highest BCUT2D eigenvalue weighted by atomic mass is 32.1. The van der Waals surface area contributed by atoms with Crippen LogP contribution in [0.5, 0.6) is 0 Å². The molecule has 5 aromatic rings. The van der Waals surface area contributed by atoms with Crippen molar-refractivity contribution in [3.05, 3.63) is 60.7 Å². The van der Waals surface area contributed by atoms with Crippen molar-refractivity contribution in [2.45, 2.75) is 0 Å². The van der Waals surface area contributed by atoms with Crippen LogP contribution in [-0.4, -0.2) is 9.97 Å². The van der Waals surface area contributed by atoms with E-state index >= 15 is 0 Å². The highest BCUT2D eigenvalue weighted by Gasteiger charge is 2.10. The van der Waals surface area contributed by atoms with Gasteiger partial charge in [0.15, 0.2) is 0 Å². The number of rotatable bonds is 2. The van der Waals surface area contributed by atoms with Gasteiger partial charge in [-0.2, -0.15) is 0 Å². The molecule has 0 amide bonds. The maximum absolute atomic E-state index is 5.88. The first-order valence-electron chi connectivity index (χ1n) is 8.09. The van der Waals surface area contributed by atoms with E-state index in [0.29, 0.717) is 0 Å². The van der Waals surface area contributed by atoms with Crippen molar-refractivity contribution in [1.29, 1.82) is 0 Å². The molecule has 26 heavy (non-hydrogen) atoms. The lowest BCUT2D eigenvalue weighted by Gasteiger charge is -1.99. The predicted octanol–water partition coefficient (Wildman–Crippen LogP) is 5.40. The summed E-state index contributed by atoms with van der Waals surface area (Å²) in [6.45, 7) is 0. The third-order valence-corrected chi connectivity index (χ3v) is 6.32. The Bertz CT molecular complexity index is 1170. The Morgan fingerprint density at radius 2 is 1.12 bits per heavy atom. The van der Waals surface area contributed by atoms with Gasteiger partial charge in [-0.1, -0.05) is 18.2 Å². The minimum atomic E-state index is 0.759. The molecule has 2 aromatic heterocycles. The third-order valence-electron chi connectivity index (χ3n) is 4.18. The van der Waals surface area contributed by atoms with Crippen molar-refractivity contribution in [2.75, 3.05) is 11.5 Å². The Morgan fingerprint density at radius 1 is 0.615 bits per heavy atom. The number of nitrogen functional groups attached to an aromatic ring is 2. The van der Waals surface area contributed by atoms with Gasteiger partial charge in [0.1, 0.15) is 10.0 Å². The zero-order chi connectivity index (χ0) is 17.7. The van der Waals surface area contributed by atoms with Gasteiger partial charge in [0.2, 0.25) is 0 Å². The molecule has 0 atom stereocenters. The number of nitrogens with zero attached hydrogens (tertiary/aromatic N) is 2. The largest absolute Gasteiger partial charge is 0.399 e. The molecule has 6 heteroatoms. The summed E-state index contributed by atoms with van der Waals surface area (Å²) in [5, 5.41) is 1.97. The predicted molar refractivity (Wildman–Crippen MR) is 112 cm³/mol. The van der Waals surface area contributed by atoms with E-state index in [2.05, 4.69) is 18.2 Å². The Balaban J connectivity index is 1.60. The lowest BCUT2D eigenvalue weighted by atomic mass is 10.1. The minimum absolute atomic E-state index is 0.759. The quantitative estimate of drug-likeness (QED) is 0.405.